The predicted molar refractivity (Wildman–Crippen MR) is 114 cm³/mol. The van der Waals surface area contributed by atoms with Crippen molar-refractivity contribution in [3.63, 3.8) is 0 Å². The van der Waals surface area contributed by atoms with Gasteiger partial charge in [0.25, 0.3) is 0 Å². The molecule has 3 heterocycles. The number of aryl methyl sites for hydroxylation is 2. The lowest BCUT2D eigenvalue weighted by Gasteiger charge is -2.13. The molecule has 0 saturated heterocycles. The second-order valence-corrected chi connectivity index (χ2v) is 8.61. The van der Waals surface area contributed by atoms with Crippen LogP contribution in [-0.2, 0) is 26.4 Å². The quantitative estimate of drug-likeness (QED) is 0.302. The topological polar surface area (TPSA) is 66.9 Å². The number of nitrogens with zero attached hydrogens (tertiary/aromatic N) is 5. The molecule has 4 aromatic rings. The summed E-state index contributed by atoms with van der Waals surface area (Å²) < 4.78 is 82.9. The first kappa shape index (κ1) is 24.0. The Morgan fingerprint density at radius 1 is 0.971 bits per heavy atom. The van der Waals surface area contributed by atoms with E-state index in [1.807, 2.05) is 6.92 Å². The number of thioether (sulfide) groups is 1. The van der Waals surface area contributed by atoms with Gasteiger partial charge in [-0.3, -0.25) is 4.79 Å². The van der Waals surface area contributed by atoms with E-state index in [9.17, 15) is 31.1 Å². The molecule has 0 fully saturated rings. The Morgan fingerprint density at radius 2 is 1.65 bits per heavy atom. The van der Waals surface area contributed by atoms with E-state index < -0.39 is 29.4 Å². The molecular weight excluding hydrogens is 488 g/mol. The second kappa shape index (κ2) is 7.96. The Bertz CT molecular complexity index is 1480. The number of fused-ring (bicyclic) bond motifs is 2. The molecule has 0 N–H and O–H groups in total. The molecule has 0 saturated carbocycles. The monoisotopic (exact) mass is 505 g/mol. The van der Waals surface area contributed by atoms with Crippen molar-refractivity contribution in [1.29, 1.82) is 0 Å². The van der Waals surface area contributed by atoms with E-state index in [0.29, 0.717) is 22.3 Å². The molecule has 0 radical (unpaired) electrons. The normalized spacial score (nSPS) is 12.8. The lowest BCUT2D eigenvalue weighted by Crippen LogP contribution is -2.32. The number of alkyl halides is 6. The van der Waals surface area contributed by atoms with Gasteiger partial charge in [0.1, 0.15) is 18.5 Å². The fourth-order valence-electron chi connectivity index (χ4n) is 3.81. The van der Waals surface area contributed by atoms with Crippen LogP contribution in [0.15, 0.2) is 27.9 Å². The number of halogens is 6. The maximum atomic E-state index is 13.5. The lowest BCUT2D eigenvalue weighted by molar-refractivity contribution is -0.151. The summed E-state index contributed by atoms with van der Waals surface area (Å²) in [6.45, 7) is 1.84. The zero-order chi connectivity index (χ0) is 25.2. The largest absolute Gasteiger partial charge is 0.449 e. The van der Waals surface area contributed by atoms with E-state index in [1.54, 1.807) is 0 Å². The zero-order valence-electron chi connectivity index (χ0n) is 18.2. The number of imidazole rings is 2. The van der Waals surface area contributed by atoms with Crippen molar-refractivity contribution in [1.82, 2.24) is 23.8 Å². The summed E-state index contributed by atoms with van der Waals surface area (Å²) in [4.78, 5) is 26.0. The zero-order valence-corrected chi connectivity index (χ0v) is 19.0. The van der Waals surface area contributed by atoms with E-state index in [-0.39, 0.29) is 32.6 Å². The highest BCUT2D eigenvalue weighted by Gasteiger charge is 2.38. The van der Waals surface area contributed by atoms with E-state index >= 15 is 0 Å². The summed E-state index contributed by atoms with van der Waals surface area (Å²) in [5, 5.41) is 0. The van der Waals surface area contributed by atoms with Crippen LogP contribution in [0, 0.1) is 0 Å². The first-order valence-electron chi connectivity index (χ1n) is 9.74. The van der Waals surface area contributed by atoms with Crippen molar-refractivity contribution in [2.24, 2.45) is 14.1 Å². The Hall–Kier alpha value is -3.16. The maximum absolute atomic E-state index is 13.5. The van der Waals surface area contributed by atoms with Crippen molar-refractivity contribution in [3.8, 4) is 11.4 Å². The molecule has 0 aliphatic carbocycles. The fraction of sp³-hybridized carbons (Fsp3) is 0.350. The first-order chi connectivity index (χ1) is 15.8. The molecule has 3 aromatic heterocycles. The van der Waals surface area contributed by atoms with Crippen LogP contribution in [0.5, 0.6) is 0 Å². The summed E-state index contributed by atoms with van der Waals surface area (Å²) in [5.74, 6) is -0.428. The van der Waals surface area contributed by atoms with Gasteiger partial charge in [-0.15, -0.1) is 16.5 Å². The fourth-order valence-corrected chi connectivity index (χ4v) is 4.62. The van der Waals surface area contributed by atoms with Crippen LogP contribution in [0.25, 0.3) is 33.5 Å². The summed E-state index contributed by atoms with van der Waals surface area (Å²) >= 11 is 1.31. The van der Waals surface area contributed by atoms with Crippen LogP contribution < -0.4 is 10.4 Å². The van der Waals surface area contributed by atoms with E-state index in [1.165, 1.54) is 42.6 Å². The second-order valence-electron chi connectivity index (χ2n) is 7.30. The summed E-state index contributed by atoms with van der Waals surface area (Å²) in [7, 11) is 3.62. The standard InChI is InChI=1S/C20H17F6N5O2S/c1-5-34-13-8-12-10(28-18(29(12)2)20(24,25)26)6-9(13)16-27-11-7-14(19(21,22)23)31(33-4)17(32)15(11)30(16)3/h6-8H,5H2,1-4H3. The molecule has 4 rings (SSSR count). The average Bonchev–Trinajstić information content (AvgIpc) is 3.24. The highest BCUT2D eigenvalue weighted by Crippen LogP contribution is 2.38. The number of hydrogen-bond donors (Lipinski definition) is 0. The van der Waals surface area contributed by atoms with Gasteiger partial charge in [0.2, 0.25) is 5.82 Å². The SMILES string of the molecule is CCSc1cc2c(cc1-c1nc3cc(C(F)(F)F)n(OC)c(=O)c3n1C)nc(C(F)(F)F)n2C. The minimum absolute atomic E-state index is 0.0302. The Morgan fingerprint density at radius 3 is 2.21 bits per heavy atom. The van der Waals surface area contributed by atoms with Crippen molar-refractivity contribution >= 4 is 33.8 Å². The molecule has 0 amide bonds. The molecule has 182 valence electrons. The van der Waals surface area contributed by atoms with Gasteiger partial charge in [-0.1, -0.05) is 6.92 Å². The minimum Gasteiger partial charge on any atom is -0.413 e. The van der Waals surface area contributed by atoms with E-state index in [4.69, 9.17) is 0 Å². The summed E-state index contributed by atoms with van der Waals surface area (Å²) in [6, 6.07) is 3.61. The molecule has 0 spiro atoms. The number of benzene rings is 1. The molecule has 0 atom stereocenters. The van der Waals surface area contributed by atoms with Gasteiger partial charge in [0, 0.05) is 24.6 Å². The van der Waals surface area contributed by atoms with E-state index in [2.05, 4.69) is 14.8 Å². The Kier molecular flexibility index (Phi) is 5.61. The van der Waals surface area contributed by atoms with Gasteiger partial charge >= 0.3 is 17.9 Å². The third kappa shape index (κ3) is 3.69. The maximum Gasteiger partial charge on any atom is 0.449 e. The first-order valence-corrected chi connectivity index (χ1v) is 10.7. The molecule has 1 aromatic carbocycles. The Labute approximate surface area is 191 Å². The van der Waals surface area contributed by atoms with Crippen LogP contribution in [0.2, 0.25) is 0 Å². The summed E-state index contributed by atoms with van der Waals surface area (Å²) in [5.41, 5.74) is -2.20. The van der Waals surface area contributed by atoms with Crippen molar-refractivity contribution in [3.05, 3.63) is 40.1 Å². The number of pyridine rings is 1. The highest BCUT2D eigenvalue weighted by atomic mass is 32.2. The van der Waals surface area contributed by atoms with Crippen LogP contribution in [0.3, 0.4) is 0 Å². The summed E-state index contributed by atoms with van der Waals surface area (Å²) in [6.07, 6.45) is -9.56. The van der Waals surface area contributed by atoms with Gasteiger partial charge < -0.3 is 14.0 Å². The van der Waals surface area contributed by atoms with Gasteiger partial charge in [0.05, 0.1) is 16.6 Å². The van der Waals surface area contributed by atoms with Crippen LogP contribution >= 0.6 is 11.8 Å². The molecule has 34 heavy (non-hydrogen) atoms. The highest BCUT2D eigenvalue weighted by molar-refractivity contribution is 7.99. The van der Waals surface area contributed by atoms with Gasteiger partial charge in [-0.25, -0.2) is 9.97 Å². The molecule has 0 bridgehead atoms. The molecule has 0 aliphatic rings. The molecule has 7 nitrogen and oxygen atoms in total. The Balaban J connectivity index is 2.05. The van der Waals surface area contributed by atoms with Gasteiger partial charge in [-0.2, -0.15) is 26.3 Å². The smallest absolute Gasteiger partial charge is 0.413 e. The van der Waals surface area contributed by atoms with Crippen molar-refractivity contribution < 1.29 is 31.2 Å². The lowest BCUT2D eigenvalue weighted by atomic mass is 10.2. The van der Waals surface area contributed by atoms with Crippen molar-refractivity contribution in [2.75, 3.05) is 12.9 Å². The minimum atomic E-state index is -4.88. The van der Waals surface area contributed by atoms with Crippen LogP contribution in [0.4, 0.5) is 26.3 Å². The molecule has 0 unspecified atom stereocenters. The van der Waals surface area contributed by atoms with Gasteiger partial charge in [0.15, 0.2) is 5.69 Å². The number of hydrogen-bond acceptors (Lipinski definition) is 5. The molecule has 14 heteroatoms. The third-order valence-corrected chi connectivity index (χ3v) is 6.19. The van der Waals surface area contributed by atoms with E-state index in [0.717, 1.165) is 11.7 Å². The average molecular weight is 505 g/mol. The van der Waals surface area contributed by atoms with Gasteiger partial charge in [-0.05, 0) is 24.0 Å². The molecule has 0 aliphatic heterocycles. The molecular formula is C20H17F6N5O2S. The van der Waals surface area contributed by atoms with Crippen LogP contribution in [-0.4, -0.2) is 36.7 Å². The van der Waals surface area contributed by atoms with Crippen molar-refractivity contribution in [2.45, 2.75) is 24.2 Å². The third-order valence-electron chi connectivity index (χ3n) is 5.25. The number of rotatable bonds is 4. The predicted octanol–water partition coefficient (Wildman–Crippen LogP) is 4.50. The number of aromatic nitrogens is 5. The van der Waals surface area contributed by atoms with Crippen LogP contribution in [0.1, 0.15) is 18.4 Å².